The van der Waals surface area contributed by atoms with Crippen LogP contribution in [0.15, 0.2) is 36.0 Å². The monoisotopic (exact) mass is 194 g/mol. The van der Waals surface area contributed by atoms with Gasteiger partial charge in [0.15, 0.2) is 0 Å². The van der Waals surface area contributed by atoms with Gasteiger partial charge < -0.3 is 5.43 Å². The van der Waals surface area contributed by atoms with Gasteiger partial charge in [-0.1, -0.05) is 17.7 Å². The van der Waals surface area contributed by atoms with Crippen LogP contribution in [0.2, 0.25) is 5.02 Å². The first kappa shape index (κ1) is 8.45. The van der Waals surface area contributed by atoms with Gasteiger partial charge in [0.25, 0.3) is 0 Å². The molecule has 1 aliphatic rings. The van der Waals surface area contributed by atoms with Crippen molar-refractivity contribution in [3.05, 3.63) is 41.1 Å². The minimum Gasteiger partial charge on any atom is -0.305 e. The summed E-state index contributed by atoms with van der Waals surface area (Å²) in [5.41, 5.74) is 5.58. The molecule has 1 N–H and O–H groups in total. The van der Waals surface area contributed by atoms with E-state index in [1.54, 1.807) is 0 Å². The summed E-state index contributed by atoms with van der Waals surface area (Å²) in [6, 6.07) is 7.81. The van der Waals surface area contributed by atoms with Gasteiger partial charge >= 0.3 is 0 Å². The van der Waals surface area contributed by atoms with Crippen LogP contribution in [0.25, 0.3) is 0 Å². The molecule has 3 heteroatoms. The molecule has 0 radical (unpaired) electrons. The summed E-state index contributed by atoms with van der Waals surface area (Å²) in [5, 5.41) is 2.82. The topological polar surface area (TPSA) is 15.3 Å². The van der Waals surface area contributed by atoms with E-state index in [0.29, 0.717) is 0 Å². The Kier molecular flexibility index (Phi) is 2.15. The van der Waals surface area contributed by atoms with Gasteiger partial charge in [-0.2, -0.15) is 0 Å². The van der Waals surface area contributed by atoms with E-state index in [9.17, 15) is 0 Å². The summed E-state index contributed by atoms with van der Waals surface area (Å²) in [7, 11) is 0. The van der Waals surface area contributed by atoms with Crippen molar-refractivity contribution in [2.75, 3.05) is 11.6 Å². The molecule has 1 aromatic carbocycles. The number of hydrazine groups is 1. The molecular formula is C10H11ClN2. The molecule has 2 nitrogen and oxygen atoms in total. The molecule has 1 aromatic rings. The highest BCUT2D eigenvalue weighted by atomic mass is 35.5. The third-order valence-corrected chi connectivity index (χ3v) is 2.23. The number of hydrogen-bond acceptors (Lipinski definition) is 2. The van der Waals surface area contributed by atoms with Crippen molar-refractivity contribution in [1.29, 1.82) is 0 Å². The highest BCUT2D eigenvalue weighted by molar-refractivity contribution is 6.30. The second kappa shape index (κ2) is 3.30. The summed E-state index contributed by atoms with van der Waals surface area (Å²) < 4.78 is 0. The van der Waals surface area contributed by atoms with Crippen molar-refractivity contribution < 1.29 is 0 Å². The van der Waals surface area contributed by atoms with Crippen LogP contribution in [-0.4, -0.2) is 6.54 Å². The molecule has 0 atom stereocenters. The molecule has 0 aliphatic carbocycles. The lowest BCUT2D eigenvalue weighted by molar-refractivity contribution is 0.835. The van der Waals surface area contributed by atoms with Gasteiger partial charge in [0.2, 0.25) is 0 Å². The van der Waals surface area contributed by atoms with Gasteiger partial charge in [-0.15, -0.1) is 0 Å². The molecule has 68 valence electrons. The largest absolute Gasteiger partial charge is 0.305 e. The van der Waals surface area contributed by atoms with Gasteiger partial charge in [0.05, 0.1) is 12.2 Å². The molecule has 0 fully saturated rings. The SMILES string of the molecule is CC1=CNN(c2cccc(Cl)c2)C1. The molecule has 0 spiro atoms. The maximum absolute atomic E-state index is 5.89. The highest BCUT2D eigenvalue weighted by Gasteiger charge is 2.10. The molecule has 0 saturated carbocycles. The van der Waals surface area contributed by atoms with Crippen molar-refractivity contribution >= 4 is 17.3 Å². The maximum atomic E-state index is 5.89. The average Bonchev–Trinajstić information content (AvgIpc) is 2.52. The van der Waals surface area contributed by atoms with E-state index in [2.05, 4.69) is 17.4 Å². The number of rotatable bonds is 1. The first-order valence-corrected chi connectivity index (χ1v) is 4.58. The van der Waals surface area contributed by atoms with E-state index in [1.807, 2.05) is 30.5 Å². The second-order valence-corrected chi connectivity index (χ2v) is 3.62. The zero-order valence-corrected chi connectivity index (χ0v) is 8.17. The van der Waals surface area contributed by atoms with Crippen LogP contribution in [0, 0.1) is 0 Å². The number of benzene rings is 1. The summed E-state index contributed by atoms with van der Waals surface area (Å²) in [5.74, 6) is 0. The van der Waals surface area contributed by atoms with Crippen LogP contribution in [-0.2, 0) is 0 Å². The van der Waals surface area contributed by atoms with E-state index in [1.165, 1.54) is 5.57 Å². The van der Waals surface area contributed by atoms with Crippen LogP contribution in [0.1, 0.15) is 6.92 Å². The molecular weight excluding hydrogens is 184 g/mol. The Morgan fingerprint density at radius 3 is 2.92 bits per heavy atom. The Bertz CT molecular complexity index is 347. The lowest BCUT2D eigenvalue weighted by Crippen LogP contribution is -2.29. The standard InChI is InChI=1S/C10H11ClN2/c1-8-6-12-13(7-8)10-4-2-3-9(11)5-10/h2-6,12H,7H2,1H3. The fourth-order valence-corrected chi connectivity index (χ4v) is 1.52. The van der Waals surface area contributed by atoms with Crippen molar-refractivity contribution in [3.8, 4) is 0 Å². The van der Waals surface area contributed by atoms with Crippen molar-refractivity contribution in [2.45, 2.75) is 6.92 Å². The van der Waals surface area contributed by atoms with Gasteiger partial charge in [-0.25, -0.2) is 0 Å². The maximum Gasteiger partial charge on any atom is 0.0619 e. The van der Waals surface area contributed by atoms with E-state index >= 15 is 0 Å². The summed E-state index contributed by atoms with van der Waals surface area (Å²) in [6.45, 7) is 3.01. The first-order chi connectivity index (χ1) is 6.25. The molecule has 0 saturated heterocycles. The molecule has 1 heterocycles. The van der Waals surface area contributed by atoms with E-state index in [0.717, 1.165) is 17.3 Å². The average molecular weight is 195 g/mol. The first-order valence-electron chi connectivity index (χ1n) is 4.20. The van der Waals surface area contributed by atoms with Gasteiger partial charge in [-0.3, -0.25) is 5.01 Å². The molecule has 0 amide bonds. The third-order valence-electron chi connectivity index (χ3n) is 1.99. The lowest BCUT2D eigenvalue weighted by Gasteiger charge is -2.18. The Hall–Kier alpha value is -1.15. The Balaban J connectivity index is 2.18. The van der Waals surface area contributed by atoms with Gasteiger partial charge in [0.1, 0.15) is 0 Å². The Morgan fingerprint density at radius 1 is 1.46 bits per heavy atom. The zero-order valence-electron chi connectivity index (χ0n) is 7.42. The van der Waals surface area contributed by atoms with Gasteiger partial charge in [0, 0.05) is 11.2 Å². The minimum absolute atomic E-state index is 0.767. The Labute approximate surface area is 82.8 Å². The molecule has 13 heavy (non-hydrogen) atoms. The van der Waals surface area contributed by atoms with E-state index in [4.69, 9.17) is 11.6 Å². The normalized spacial score (nSPS) is 15.5. The van der Waals surface area contributed by atoms with Crippen LogP contribution in [0.5, 0.6) is 0 Å². The summed E-state index contributed by atoms with van der Waals surface area (Å²) in [4.78, 5) is 0. The van der Waals surface area contributed by atoms with Crippen LogP contribution < -0.4 is 10.4 Å². The fraction of sp³-hybridized carbons (Fsp3) is 0.200. The number of nitrogens with one attached hydrogen (secondary N) is 1. The Morgan fingerprint density at radius 2 is 2.31 bits per heavy atom. The lowest BCUT2D eigenvalue weighted by atomic mass is 10.3. The molecule has 0 unspecified atom stereocenters. The number of hydrogen-bond donors (Lipinski definition) is 1. The molecule has 0 bridgehead atoms. The van der Waals surface area contributed by atoms with Gasteiger partial charge in [-0.05, 0) is 30.7 Å². The minimum atomic E-state index is 0.767. The third kappa shape index (κ3) is 1.78. The summed E-state index contributed by atoms with van der Waals surface area (Å²) in [6.07, 6.45) is 2.00. The smallest absolute Gasteiger partial charge is 0.0619 e. The second-order valence-electron chi connectivity index (χ2n) is 3.19. The molecule has 1 aliphatic heterocycles. The van der Waals surface area contributed by atoms with Crippen molar-refractivity contribution in [2.24, 2.45) is 0 Å². The molecule has 0 aromatic heterocycles. The van der Waals surface area contributed by atoms with Crippen LogP contribution in [0.3, 0.4) is 0 Å². The van der Waals surface area contributed by atoms with Crippen LogP contribution >= 0.6 is 11.6 Å². The van der Waals surface area contributed by atoms with Crippen LogP contribution in [0.4, 0.5) is 5.69 Å². The predicted octanol–water partition coefficient (Wildman–Crippen LogP) is 2.57. The van der Waals surface area contributed by atoms with Crippen molar-refractivity contribution in [1.82, 2.24) is 5.43 Å². The number of anilines is 1. The van der Waals surface area contributed by atoms with Crippen molar-refractivity contribution in [3.63, 3.8) is 0 Å². The predicted molar refractivity (Wildman–Crippen MR) is 55.7 cm³/mol. The summed E-state index contributed by atoms with van der Waals surface area (Å²) >= 11 is 5.89. The van der Waals surface area contributed by atoms with E-state index < -0.39 is 0 Å². The highest BCUT2D eigenvalue weighted by Crippen LogP contribution is 2.20. The number of nitrogens with zero attached hydrogens (tertiary/aromatic N) is 1. The molecule has 2 rings (SSSR count). The fourth-order valence-electron chi connectivity index (χ4n) is 1.34. The zero-order chi connectivity index (χ0) is 9.26. The number of halogens is 1. The van der Waals surface area contributed by atoms with E-state index in [-0.39, 0.29) is 0 Å². The quantitative estimate of drug-likeness (QED) is 0.739.